The normalized spacial score (nSPS) is 25.1. The lowest BCUT2D eigenvalue weighted by Crippen LogP contribution is -2.58. The van der Waals surface area contributed by atoms with Gasteiger partial charge in [-0.15, -0.1) is 0 Å². The van der Waals surface area contributed by atoms with Crippen molar-refractivity contribution in [1.29, 1.82) is 0 Å². The molecule has 0 unspecified atom stereocenters. The van der Waals surface area contributed by atoms with Crippen LogP contribution in [0.15, 0.2) is 52.2 Å². The Balaban J connectivity index is 1.59. The van der Waals surface area contributed by atoms with Crippen LogP contribution in [-0.4, -0.2) is 41.5 Å². The molecular formula is C19H21N3O2. The number of nitrogens with zero attached hydrogens (tertiary/aromatic N) is 3. The number of ether oxygens (including phenoxy) is 1. The largest absolute Gasteiger partial charge is 0.466 e. The van der Waals surface area contributed by atoms with E-state index in [1.807, 2.05) is 12.1 Å². The summed E-state index contributed by atoms with van der Waals surface area (Å²) in [5.41, 5.74) is 1.91. The van der Waals surface area contributed by atoms with Gasteiger partial charge < -0.3 is 14.1 Å². The SMILES string of the molecule is CN1CCC2(CC1)Oc1ccccc1[C@@H]1CC(c3ccco3)=NN12. The van der Waals surface area contributed by atoms with Crippen LogP contribution in [0.2, 0.25) is 0 Å². The number of hydrazone groups is 1. The molecule has 0 amide bonds. The lowest BCUT2D eigenvalue weighted by Gasteiger charge is -2.50. The molecule has 2 aromatic rings. The molecule has 24 heavy (non-hydrogen) atoms. The molecule has 1 aromatic heterocycles. The van der Waals surface area contributed by atoms with Gasteiger partial charge in [-0.2, -0.15) is 5.10 Å². The van der Waals surface area contributed by atoms with Gasteiger partial charge in [-0.3, -0.25) is 0 Å². The monoisotopic (exact) mass is 323 g/mol. The van der Waals surface area contributed by atoms with Crippen molar-refractivity contribution >= 4 is 5.71 Å². The first-order valence-corrected chi connectivity index (χ1v) is 8.62. The van der Waals surface area contributed by atoms with Gasteiger partial charge in [0.1, 0.15) is 17.2 Å². The van der Waals surface area contributed by atoms with E-state index in [-0.39, 0.29) is 11.8 Å². The van der Waals surface area contributed by atoms with Gasteiger partial charge in [0.15, 0.2) is 0 Å². The first-order chi connectivity index (χ1) is 11.8. The quantitative estimate of drug-likeness (QED) is 0.808. The number of rotatable bonds is 1. The highest BCUT2D eigenvalue weighted by molar-refractivity contribution is 5.99. The van der Waals surface area contributed by atoms with Gasteiger partial charge >= 0.3 is 0 Å². The second-order valence-corrected chi connectivity index (χ2v) is 6.98. The topological polar surface area (TPSA) is 41.2 Å². The van der Waals surface area contributed by atoms with Crippen LogP contribution in [0.3, 0.4) is 0 Å². The number of furan rings is 1. The zero-order chi connectivity index (χ0) is 16.1. The minimum Gasteiger partial charge on any atom is -0.466 e. The second kappa shape index (κ2) is 5.11. The van der Waals surface area contributed by atoms with E-state index in [4.69, 9.17) is 14.3 Å². The van der Waals surface area contributed by atoms with E-state index >= 15 is 0 Å². The van der Waals surface area contributed by atoms with Crippen molar-refractivity contribution in [3.05, 3.63) is 54.0 Å². The summed E-state index contributed by atoms with van der Waals surface area (Å²) in [6.07, 6.45) is 4.50. The van der Waals surface area contributed by atoms with Crippen molar-refractivity contribution in [2.24, 2.45) is 5.10 Å². The maximum atomic E-state index is 6.55. The van der Waals surface area contributed by atoms with Crippen molar-refractivity contribution in [3.8, 4) is 5.75 Å². The summed E-state index contributed by atoms with van der Waals surface area (Å²) in [5.74, 6) is 1.88. The van der Waals surface area contributed by atoms with Crippen molar-refractivity contribution in [2.45, 2.75) is 31.0 Å². The molecule has 1 saturated heterocycles. The number of hydrogen-bond donors (Lipinski definition) is 0. The summed E-state index contributed by atoms with van der Waals surface area (Å²) in [4.78, 5) is 2.36. The molecule has 0 aliphatic carbocycles. The van der Waals surface area contributed by atoms with Gasteiger partial charge in [0.2, 0.25) is 5.72 Å². The molecule has 1 aromatic carbocycles. The molecule has 5 heteroatoms. The second-order valence-electron chi connectivity index (χ2n) is 6.98. The zero-order valence-corrected chi connectivity index (χ0v) is 13.8. The number of hydrogen-bond acceptors (Lipinski definition) is 5. The molecular weight excluding hydrogens is 302 g/mol. The molecule has 0 radical (unpaired) electrons. The highest BCUT2D eigenvalue weighted by atomic mass is 16.5. The highest BCUT2D eigenvalue weighted by Gasteiger charge is 2.51. The predicted octanol–water partition coefficient (Wildman–Crippen LogP) is 3.25. The molecule has 1 spiro atoms. The van der Waals surface area contributed by atoms with E-state index in [0.717, 1.165) is 49.6 Å². The first-order valence-electron chi connectivity index (χ1n) is 8.62. The third-order valence-corrected chi connectivity index (χ3v) is 5.48. The average Bonchev–Trinajstić information content (AvgIpc) is 3.27. The summed E-state index contributed by atoms with van der Waals surface area (Å²) >= 11 is 0. The Morgan fingerprint density at radius 2 is 1.96 bits per heavy atom. The van der Waals surface area contributed by atoms with Crippen LogP contribution in [0.4, 0.5) is 0 Å². The first kappa shape index (κ1) is 14.1. The lowest BCUT2D eigenvalue weighted by atomic mass is 9.91. The molecule has 5 nitrogen and oxygen atoms in total. The summed E-state index contributed by atoms with van der Waals surface area (Å²) in [6.45, 7) is 2.05. The molecule has 3 aliphatic rings. The molecule has 1 atom stereocenters. The standard InChI is InChI=1S/C19H21N3O2/c1-21-10-8-19(9-11-21)22-16(14-5-2-3-6-17(14)24-19)13-15(20-22)18-7-4-12-23-18/h2-7,12,16H,8-11,13H2,1H3/t16-/m0/s1. The van der Waals surface area contributed by atoms with Gasteiger partial charge in [-0.25, -0.2) is 5.01 Å². The average molecular weight is 323 g/mol. The van der Waals surface area contributed by atoms with Crippen molar-refractivity contribution < 1.29 is 9.15 Å². The Labute approximate surface area is 141 Å². The van der Waals surface area contributed by atoms with Crippen LogP contribution in [0, 0.1) is 0 Å². The molecule has 3 aliphatic heterocycles. The summed E-state index contributed by atoms with van der Waals surface area (Å²) in [7, 11) is 2.17. The van der Waals surface area contributed by atoms with Crippen molar-refractivity contribution in [3.63, 3.8) is 0 Å². The lowest BCUT2D eigenvalue weighted by molar-refractivity contribution is -0.147. The van der Waals surface area contributed by atoms with E-state index in [9.17, 15) is 0 Å². The Bertz CT molecular complexity index is 776. The minimum atomic E-state index is -0.333. The van der Waals surface area contributed by atoms with Gasteiger partial charge in [0.25, 0.3) is 0 Å². The maximum absolute atomic E-state index is 6.55. The molecule has 124 valence electrons. The van der Waals surface area contributed by atoms with Crippen molar-refractivity contribution in [1.82, 2.24) is 9.91 Å². The molecule has 4 heterocycles. The number of para-hydroxylation sites is 1. The van der Waals surface area contributed by atoms with Crippen LogP contribution < -0.4 is 4.74 Å². The zero-order valence-electron chi connectivity index (χ0n) is 13.8. The van der Waals surface area contributed by atoms with Gasteiger partial charge in [0.05, 0.1) is 12.3 Å². The Hall–Kier alpha value is -2.27. The van der Waals surface area contributed by atoms with E-state index in [1.165, 1.54) is 5.56 Å². The molecule has 0 bridgehead atoms. The fourth-order valence-electron chi connectivity index (χ4n) is 4.12. The fourth-order valence-corrected chi connectivity index (χ4v) is 4.12. The number of piperidine rings is 1. The Kier molecular flexibility index (Phi) is 3.00. The fraction of sp³-hybridized carbons (Fsp3) is 0.421. The third kappa shape index (κ3) is 2.01. The van der Waals surface area contributed by atoms with E-state index in [2.05, 4.69) is 41.2 Å². The van der Waals surface area contributed by atoms with Crippen LogP contribution >= 0.6 is 0 Å². The van der Waals surface area contributed by atoms with Crippen molar-refractivity contribution in [2.75, 3.05) is 20.1 Å². The van der Waals surface area contributed by atoms with Crippen LogP contribution in [0.25, 0.3) is 0 Å². The van der Waals surface area contributed by atoms with E-state index < -0.39 is 0 Å². The maximum Gasteiger partial charge on any atom is 0.200 e. The van der Waals surface area contributed by atoms with E-state index in [0.29, 0.717) is 0 Å². The Morgan fingerprint density at radius 3 is 2.75 bits per heavy atom. The highest BCUT2D eigenvalue weighted by Crippen LogP contribution is 2.49. The number of likely N-dealkylation sites (tertiary alicyclic amines) is 1. The predicted molar refractivity (Wildman–Crippen MR) is 91.0 cm³/mol. The summed E-state index contributed by atoms with van der Waals surface area (Å²) in [6, 6.07) is 12.5. The molecule has 0 N–H and O–H groups in total. The van der Waals surface area contributed by atoms with Crippen LogP contribution in [0.5, 0.6) is 5.75 Å². The van der Waals surface area contributed by atoms with Crippen LogP contribution in [0.1, 0.15) is 36.6 Å². The summed E-state index contributed by atoms with van der Waals surface area (Å²) < 4.78 is 12.1. The number of fused-ring (bicyclic) bond motifs is 4. The van der Waals surface area contributed by atoms with Crippen LogP contribution in [-0.2, 0) is 0 Å². The molecule has 0 saturated carbocycles. The van der Waals surface area contributed by atoms with Gasteiger partial charge in [-0.05, 0) is 25.2 Å². The third-order valence-electron chi connectivity index (χ3n) is 5.48. The minimum absolute atomic E-state index is 0.235. The molecule has 5 rings (SSSR count). The smallest absolute Gasteiger partial charge is 0.200 e. The van der Waals surface area contributed by atoms with Gasteiger partial charge in [-0.1, -0.05) is 18.2 Å². The molecule has 1 fully saturated rings. The van der Waals surface area contributed by atoms with E-state index in [1.54, 1.807) is 6.26 Å². The summed E-state index contributed by atoms with van der Waals surface area (Å²) in [5, 5.41) is 7.19. The van der Waals surface area contributed by atoms with Gasteiger partial charge in [0, 0.05) is 37.9 Å². The Morgan fingerprint density at radius 1 is 1.12 bits per heavy atom. The number of benzene rings is 1.